The standard InChI is InChI=1S/C17H26N2O3/c1-17(2,3)22-16(20)19-11-7-8-13(12-19)18-14-9-5-6-10-15(14)21-4/h5-6,9-10,13,18H,7-8,11-12H2,1-4H3. The first kappa shape index (κ1) is 16.5. The first-order valence-corrected chi connectivity index (χ1v) is 7.76. The molecule has 1 aromatic rings. The third-order valence-corrected chi connectivity index (χ3v) is 3.54. The maximum Gasteiger partial charge on any atom is 0.410 e. The summed E-state index contributed by atoms with van der Waals surface area (Å²) < 4.78 is 10.8. The lowest BCUT2D eigenvalue weighted by Crippen LogP contribution is -2.47. The predicted molar refractivity (Wildman–Crippen MR) is 87.4 cm³/mol. The second-order valence-electron chi connectivity index (χ2n) is 6.61. The van der Waals surface area contributed by atoms with E-state index in [2.05, 4.69) is 5.32 Å². The summed E-state index contributed by atoms with van der Waals surface area (Å²) in [4.78, 5) is 14.0. The van der Waals surface area contributed by atoms with Gasteiger partial charge in [0.2, 0.25) is 0 Å². The molecule has 1 amide bonds. The van der Waals surface area contributed by atoms with E-state index in [1.54, 1.807) is 12.0 Å². The Morgan fingerprint density at radius 2 is 2.05 bits per heavy atom. The minimum atomic E-state index is -0.458. The number of benzene rings is 1. The summed E-state index contributed by atoms with van der Waals surface area (Å²) in [5.74, 6) is 0.817. The molecule has 1 N–H and O–H groups in total. The van der Waals surface area contributed by atoms with E-state index in [1.165, 1.54) is 0 Å². The molecule has 1 aliphatic heterocycles. The number of nitrogens with zero attached hydrogens (tertiary/aromatic N) is 1. The molecule has 0 spiro atoms. The number of likely N-dealkylation sites (tertiary alicyclic amines) is 1. The van der Waals surface area contributed by atoms with Crippen LogP contribution in [-0.2, 0) is 4.74 Å². The minimum absolute atomic E-state index is 0.206. The quantitative estimate of drug-likeness (QED) is 0.928. The molecule has 1 aromatic carbocycles. The van der Waals surface area contributed by atoms with Crippen LogP contribution in [0.4, 0.5) is 10.5 Å². The first-order chi connectivity index (χ1) is 10.4. The molecule has 1 unspecified atom stereocenters. The molecule has 122 valence electrons. The van der Waals surface area contributed by atoms with Gasteiger partial charge in [-0.3, -0.25) is 0 Å². The number of carbonyl (C=O) groups is 1. The van der Waals surface area contributed by atoms with Crippen LogP contribution < -0.4 is 10.1 Å². The third kappa shape index (κ3) is 4.55. The molecule has 0 radical (unpaired) electrons. The Hall–Kier alpha value is -1.91. The number of methoxy groups -OCH3 is 1. The minimum Gasteiger partial charge on any atom is -0.495 e. The molecule has 0 aliphatic carbocycles. The Morgan fingerprint density at radius 3 is 2.73 bits per heavy atom. The summed E-state index contributed by atoms with van der Waals surface area (Å²) in [5, 5.41) is 3.47. The zero-order valence-corrected chi connectivity index (χ0v) is 13.9. The topological polar surface area (TPSA) is 50.8 Å². The van der Waals surface area contributed by atoms with Crippen LogP contribution in [0.25, 0.3) is 0 Å². The van der Waals surface area contributed by atoms with E-state index >= 15 is 0 Å². The summed E-state index contributed by atoms with van der Waals surface area (Å²) >= 11 is 0. The van der Waals surface area contributed by atoms with E-state index in [-0.39, 0.29) is 12.1 Å². The summed E-state index contributed by atoms with van der Waals surface area (Å²) in [5.41, 5.74) is 0.501. The van der Waals surface area contributed by atoms with Gasteiger partial charge < -0.3 is 19.7 Å². The van der Waals surface area contributed by atoms with E-state index in [9.17, 15) is 4.79 Å². The van der Waals surface area contributed by atoms with Gasteiger partial charge in [0.25, 0.3) is 0 Å². The zero-order valence-electron chi connectivity index (χ0n) is 13.9. The van der Waals surface area contributed by atoms with Crippen molar-refractivity contribution in [1.82, 2.24) is 4.90 Å². The van der Waals surface area contributed by atoms with Crippen LogP contribution in [0.5, 0.6) is 5.75 Å². The van der Waals surface area contributed by atoms with Gasteiger partial charge in [0.1, 0.15) is 11.4 Å². The highest BCUT2D eigenvalue weighted by atomic mass is 16.6. The van der Waals surface area contributed by atoms with E-state index < -0.39 is 5.60 Å². The second-order valence-corrected chi connectivity index (χ2v) is 6.61. The number of rotatable bonds is 3. The molecule has 5 nitrogen and oxygen atoms in total. The average Bonchev–Trinajstić information content (AvgIpc) is 2.46. The van der Waals surface area contributed by atoms with Gasteiger partial charge in [-0.2, -0.15) is 0 Å². The Labute approximate surface area is 132 Å². The molecule has 22 heavy (non-hydrogen) atoms. The Balaban J connectivity index is 1.97. The first-order valence-electron chi connectivity index (χ1n) is 7.76. The molecule has 1 aliphatic rings. The molecule has 0 bridgehead atoms. The van der Waals surface area contributed by atoms with Gasteiger partial charge in [-0.05, 0) is 45.7 Å². The van der Waals surface area contributed by atoms with Crippen molar-refractivity contribution in [3.63, 3.8) is 0 Å². The molecule has 1 saturated heterocycles. The van der Waals surface area contributed by atoms with Crippen molar-refractivity contribution in [2.24, 2.45) is 0 Å². The highest BCUT2D eigenvalue weighted by Gasteiger charge is 2.27. The molecule has 5 heteroatoms. The lowest BCUT2D eigenvalue weighted by molar-refractivity contribution is 0.0206. The molecule has 0 aromatic heterocycles. The molecular formula is C17H26N2O3. The fraction of sp³-hybridized carbons (Fsp3) is 0.588. The van der Waals surface area contributed by atoms with E-state index in [0.717, 1.165) is 30.8 Å². The van der Waals surface area contributed by atoms with Crippen molar-refractivity contribution in [2.75, 3.05) is 25.5 Å². The highest BCUT2D eigenvalue weighted by Crippen LogP contribution is 2.26. The van der Waals surface area contributed by atoms with Gasteiger partial charge in [-0.15, -0.1) is 0 Å². The molecule has 1 heterocycles. The van der Waals surface area contributed by atoms with E-state index in [4.69, 9.17) is 9.47 Å². The van der Waals surface area contributed by atoms with Crippen LogP contribution in [0, 0.1) is 0 Å². The number of piperidine rings is 1. The fourth-order valence-electron chi connectivity index (χ4n) is 2.57. The Bertz CT molecular complexity index is 511. The largest absolute Gasteiger partial charge is 0.495 e. The number of ether oxygens (including phenoxy) is 2. The van der Waals surface area contributed by atoms with Crippen molar-refractivity contribution in [2.45, 2.75) is 45.3 Å². The monoisotopic (exact) mass is 306 g/mol. The van der Waals surface area contributed by atoms with Crippen LogP contribution >= 0.6 is 0 Å². The van der Waals surface area contributed by atoms with Crippen LogP contribution in [-0.4, -0.2) is 42.8 Å². The number of para-hydroxylation sites is 2. The number of hydrogen-bond donors (Lipinski definition) is 1. The lowest BCUT2D eigenvalue weighted by Gasteiger charge is -2.35. The SMILES string of the molecule is COc1ccccc1NC1CCCN(C(=O)OC(C)(C)C)C1. The highest BCUT2D eigenvalue weighted by molar-refractivity contribution is 5.68. The third-order valence-electron chi connectivity index (χ3n) is 3.54. The summed E-state index contributed by atoms with van der Waals surface area (Å²) in [6.45, 7) is 7.06. The lowest BCUT2D eigenvalue weighted by atomic mass is 10.1. The van der Waals surface area contributed by atoms with Gasteiger partial charge in [-0.1, -0.05) is 12.1 Å². The number of amides is 1. The molecule has 1 fully saturated rings. The second kappa shape index (κ2) is 6.90. The predicted octanol–water partition coefficient (Wildman–Crippen LogP) is 3.51. The summed E-state index contributed by atoms with van der Waals surface area (Å²) in [7, 11) is 1.66. The van der Waals surface area contributed by atoms with Gasteiger partial charge in [0, 0.05) is 19.1 Å². The number of carbonyl (C=O) groups excluding carboxylic acids is 1. The summed E-state index contributed by atoms with van der Waals surface area (Å²) in [6, 6.07) is 8.04. The number of nitrogens with one attached hydrogen (secondary N) is 1. The smallest absolute Gasteiger partial charge is 0.410 e. The Morgan fingerprint density at radius 1 is 1.32 bits per heavy atom. The maximum absolute atomic E-state index is 12.2. The number of hydrogen-bond acceptors (Lipinski definition) is 4. The van der Waals surface area contributed by atoms with Crippen molar-refractivity contribution < 1.29 is 14.3 Å². The maximum atomic E-state index is 12.2. The molecule has 1 atom stereocenters. The van der Waals surface area contributed by atoms with Crippen LogP contribution in [0.3, 0.4) is 0 Å². The van der Waals surface area contributed by atoms with E-state index in [0.29, 0.717) is 6.54 Å². The zero-order chi connectivity index (χ0) is 16.2. The fourth-order valence-corrected chi connectivity index (χ4v) is 2.57. The normalized spacial score (nSPS) is 18.7. The molecule has 0 saturated carbocycles. The van der Waals surface area contributed by atoms with Gasteiger partial charge in [-0.25, -0.2) is 4.79 Å². The Kier molecular flexibility index (Phi) is 5.16. The molecule has 2 rings (SSSR count). The van der Waals surface area contributed by atoms with Crippen LogP contribution in [0.2, 0.25) is 0 Å². The van der Waals surface area contributed by atoms with Crippen molar-refractivity contribution in [3.05, 3.63) is 24.3 Å². The number of anilines is 1. The van der Waals surface area contributed by atoms with Gasteiger partial charge >= 0.3 is 6.09 Å². The average molecular weight is 306 g/mol. The van der Waals surface area contributed by atoms with E-state index in [1.807, 2.05) is 45.0 Å². The van der Waals surface area contributed by atoms with Crippen molar-refractivity contribution in [3.8, 4) is 5.75 Å². The van der Waals surface area contributed by atoms with Gasteiger partial charge in [0.05, 0.1) is 12.8 Å². The van der Waals surface area contributed by atoms with Crippen LogP contribution in [0.15, 0.2) is 24.3 Å². The van der Waals surface area contributed by atoms with Crippen LogP contribution in [0.1, 0.15) is 33.6 Å². The van der Waals surface area contributed by atoms with Crippen molar-refractivity contribution >= 4 is 11.8 Å². The summed E-state index contributed by atoms with van der Waals surface area (Å²) in [6.07, 6.45) is 1.75. The van der Waals surface area contributed by atoms with Crippen molar-refractivity contribution in [1.29, 1.82) is 0 Å². The molecular weight excluding hydrogens is 280 g/mol. The van der Waals surface area contributed by atoms with Gasteiger partial charge in [0.15, 0.2) is 0 Å².